The van der Waals surface area contributed by atoms with Crippen LogP contribution in [0.2, 0.25) is 0 Å². The molecule has 2 aromatic carbocycles. The number of para-hydroxylation sites is 1. The molecule has 6 nitrogen and oxygen atoms in total. The molecule has 1 heterocycles. The third kappa shape index (κ3) is 5.21. The minimum Gasteiger partial charge on any atom is -0.355 e. The monoisotopic (exact) mass is 368 g/mol. The molecule has 0 saturated carbocycles. The van der Waals surface area contributed by atoms with Gasteiger partial charge in [-0.05, 0) is 43.3 Å². The zero-order valence-electron chi connectivity index (χ0n) is 15.0. The van der Waals surface area contributed by atoms with Gasteiger partial charge in [-0.25, -0.2) is 9.37 Å². The number of amides is 1. The summed E-state index contributed by atoms with van der Waals surface area (Å²) in [4.78, 5) is 33.1. The number of likely N-dealkylation sites (N-methyl/N-ethyl adjacent to an activating group) is 1. The maximum atomic E-state index is 12.9. The normalized spacial score (nSPS) is 11.1. The SMILES string of the molecule is CN(CC(=O)NCCc1ccc(F)cc1)Cc1nc2ccccc2c(=O)[nH]1. The van der Waals surface area contributed by atoms with Crippen LogP contribution in [0, 0.1) is 5.82 Å². The molecule has 0 fully saturated rings. The first kappa shape index (κ1) is 18.7. The summed E-state index contributed by atoms with van der Waals surface area (Å²) in [6.45, 7) is 1.01. The van der Waals surface area contributed by atoms with E-state index in [1.165, 1.54) is 12.1 Å². The number of carbonyl (C=O) groups is 1. The van der Waals surface area contributed by atoms with E-state index in [1.54, 1.807) is 42.3 Å². The zero-order chi connectivity index (χ0) is 19.2. The molecule has 0 aliphatic heterocycles. The van der Waals surface area contributed by atoms with Crippen LogP contribution in [0.25, 0.3) is 10.9 Å². The van der Waals surface area contributed by atoms with Gasteiger partial charge in [0, 0.05) is 6.54 Å². The fourth-order valence-electron chi connectivity index (χ4n) is 2.82. The van der Waals surface area contributed by atoms with Crippen molar-refractivity contribution in [3.63, 3.8) is 0 Å². The molecule has 1 aromatic heterocycles. The molecule has 27 heavy (non-hydrogen) atoms. The van der Waals surface area contributed by atoms with Gasteiger partial charge in [-0.15, -0.1) is 0 Å². The van der Waals surface area contributed by atoms with E-state index in [2.05, 4.69) is 15.3 Å². The van der Waals surface area contributed by atoms with Gasteiger partial charge in [0.25, 0.3) is 5.56 Å². The topological polar surface area (TPSA) is 78.1 Å². The molecule has 140 valence electrons. The van der Waals surface area contributed by atoms with Crippen molar-refractivity contribution in [3.8, 4) is 0 Å². The molecule has 3 aromatic rings. The molecule has 0 saturated heterocycles. The maximum Gasteiger partial charge on any atom is 0.258 e. The van der Waals surface area contributed by atoms with E-state index in [-0.39, 0.29) is 23.8 Å². The first-order chi connectivity index (χ1) is 13.0. The summed E-state index contributed by atoms with van der Waals surface area (Å²) in [5.74, 6) is 0.118. The van der Waals surface area contributed by atoms with Crippen molar-refractivity contribution in [2.75, 3.05) is 20.1 Å². The Hall–Kier alpha value is -3.06. The van der Waals surface area contributed by atoms with Gasteiger partial charge in [0.05, 0.1) is 24.0 Å². The van der Waals surface area contributed by atoms with E-state index < -0.39 is 0 Å². The predicted molar refractivity (Wildman–Crippen MR) is 102 cm³/mol. The summed E-state index contributed by atoms with van der Waals surface area (Å²) in [5.41, 5.74) is 1.41. The number of aromatic amines is 1. The van der Waals surface area contributed by atoms with E-state index in [9.17, 15) is 14.0 Å². The fourth-order valence-corrected chi connectivity index (χ4v) is 2.82. The lowest BCUT2D eigenvalue weighted by Crippen LogP contribution is -2.36. The predicted octanol–water partition coefficient (Wildman–Crippen LogP) is 1.85. The van der Waals surface area contributed by atoms with Crippen LogP contribution in [0.1, 0.15) is 11.4 Å². The van der Waals surface area contributed by atoms with Gasteiger partial charge in [-0.2, -0.15) is 0 Å². The summed E-state index contributed by atoms with van der Waals surface area (Å²) in [5, 5.41) is 3.38. The molecule has 1 amide bonds. The van der Waals surface area contributed by atoms with Crippen molar-refractivity contribution in [1.29, 1.82) is 0 Å². The second-order valence-corrected chi connectivity index (χ2v) is 6.43. The molecule has 0 bridgehead atoms. The molecular formula is C20H21FN4O2. The Morgan fingerprint density at radius 1 is 1.19 bits per heavy atom. The molecule has 0 spiro atoms. The second-order valence-electron chi connectivity index (χ2n) is 6.43. The number of carbonyl (C=O) groups excluding carboxylic acids is 1. The van der Waals surface area contributed by atoms with Crippen LogP contribution in [0.4, 0.5) is 4.39 Å². The number of halogens is 1. The van der Waals surface area contributed by atoms with Crippen LogP contribution < -0.4 is 10.9 Å². The van der Waals surface area contributed by atoms with Gasteiger partial charge in [-0.1, -0.05) is 24.3 Å². The summed E-state index contributed by atoms with van der Waals surface area (Å²) >= 11 is 0. The Morgan fingerprint density at radius 2 is 1.93 bits per heavy atom. The van der Waals surface area contributed by atoms with Gasteiger partial charge in [0.1, 0.15) is 11.6 Å². The van der Waals surface area contributed by atoms with Crippen molar-refractivity contribution >= 4 is 16.8 Å². The molecule has 0 unspecified atom stereocenters. The van der Waals surface area contributed by atoms with Gasteiger partial charge < -0.3 is 10.3 Å². The van der Waals surface area contributed by atoms with E-state index in [1.807, 2.05) is 6.07 Å². The average molecular weight is 368 g/mol. The van der Waals surface area contributed by atoms with Crippen molar-refractivity contribution in [3.05, 3.63) is 76.1 Å². The third-order valence-electron chi connectivity index (χ3n) is 4.14. The van der Waals surface area contributed by atoms with Gasteiger partial charge in [0.2, 0.25) is 5.91 Å². The Bertz CT molecular complexity index is 985. The lowest BCUT2D eigenvalue weighted by atomic mass is 10.1. The molecule has 0 aliphatic rings. The summed E-state index contributed by atoms with van der Waals surface area (Å²) in [6, 6.07) is 13.4. The van der Waals surface area contributed by atoms with Gasteiger partial charge in [-0.3, -0.25) is 14.5 Å². The van der Waals surface area contributed by atoms with Crippen LogP contribution in [-0.4, -0.2) is 40.9 Å². The highest BCUT2D eigenvalue weighted by atomic mass is 19.1. The van der Waals surface area contributed by atoms with Crippen LogP contribution in [0.3, 0.4) is 0 Å². The number of hydrogen-bond acceptors (Lipinski definition) is 4. The number of aromatic nitrogens is 2. The molecule has 0 radical (unpaired) electrons. The highest BCUT2D eigenvalue weighted by Crippen LogP contribution is 2.06. The molecule has 3 rings (SSSR count). The van der Waals surface area contributed by atoms with Crippen LogP contribution in [0.15, 0.2) is 53.3 Å². The van der Waals surface area contributed by atoms with Crippen molar-refractivity contribution in [2.45, 2.75) is 13.0 Å². The molecule has 0 atom stereocenters. The number of hydrogen-bond donors (Lipinski definition) is 2. The number of nitrogens with zero attached hydrogens (tertiary/aromatic N) is 2. The molecular weight excluding hydrogens is 347 g/mol. The van der Waals surface area contributed by atoms with Crippen molar-refractivity contribution < 1.29 is 9.18 Å². The van der Waals surface area contributed by atoms with Crippen molar-refractivity contribution in [1.82, 2.24) is 20.2 Å². The van der Waals surface area contributed by atoms with E-state index in [0.29, 0.717) is 36.2 Å². The molecule has 0 aliphatic carbocycles. The van der Waals surface area contributed by atoms with E-state index in [4.69, 9.17) is 0 Å². The second kappa shape index (κ2) is 8.55. The lowest BCUT2D eigenvalue weighted by molar-refractivity contribution is -0.122. The zero-order valence-corrected chi connectivity index (χ0v) is 15.0. The highest BCUT2D eigenvalue weighted by Gasteiger charge is 2.10. The lowest BCUT2D eigenvalue weighted by Gasteiger charge is -2.16. The largest absolute Gasteiger partial charge is 0.355 e. The number of rotatable bonds is 7. The Labute approximate surface area is 156 Å². The first-order valence-electron chi connectivity index (χ1n) is 8.69. The third-order valence-corrected chi connectivity index (χ3v) is 4.14. The van der Waals surface area contributed by atoms with Gasteiger partial charge in [0.15, 0.2) is 0 Å². The number of H-pyrrole nitrogens is 1. The molecule has 2 N–H and O–H groups in total. The maximum absolute atomic E-state index is 12.9. The van der Waals surface area contributed by atoms with Gasteiger partial charge >= 0.3 is 0 Å². The quantitative estimate of drug-likeness (QED) is 0.667. The summed E-state index contributed by atoms with van der Waals surface area (Å²) in [6.07, 6.45) is 0.634. The van der Waals surface area contributed by atoms with E-state index >= 15 is 0 Å². The standard InChI is InChI=1S/C20H21FN4O2/c1-25(12-18-23-17-5-3-2-4-16(17)20(27)24-18)13-19(26)22-11-10-14-6-8-15(21)9-7-14/h2-9H,10-13H2,1H3,(H,22,26)(H,23,24,27). The fraction of sp³-hybridized carbons (Fsp3) is 0.250. The Morgan fingerprint density at radius 3 is 2.70 bits per heavy atom. The van der Waals surface area contributed by atoms with Crippen LogP contribution in [0.5, 0.6) is 0 Å². The summed E-state index contributed by atoms with van der Waals surface area (Å²) < 4.78 is 12.9. The van der Waals surface area contributed by atoms with Crippen molar-refractivity contribution in [2.24, 2.45) is 0 Å². The highest BCUT2D eigenvalue weighted by molar-refractivity contribution is 5.78. The Kier molecular flexibility index (Phi) is 5.93. The van der Waals surface area contributed by atoms with E-state index in [0.717, 1.165) is 5.56 Å². The Balaban J connectivity index is 1.50. The van der Waals surface area contributed by atoms with Crippen LogP contribution in [-0.2, 0) is 17.8 Å². The average Bonchev–Trinajstić information content (AvgIpc) is 2.63. The number of fused-ring (bicyclic) bond motifs is 1. The minimum absolute atomic E-state index is 0.122. The summed E-state index contributed by atoms with van der Waals surface area (Å²) in [7, 11) is 1.79. The number of benzene rings is 2. The first-order valence-corrected chi connectivity index (χ1v) is 8.69. The number of nitrogens with one attached hydrogen (secondary N) is 2. The molecule has 7 heteroatoms. The smallest absolute Gasteiger partial charge is 0.258 e. The van der Waals surface area contributed by atoms with Crippen LogP contribution >= 0.6 is 0 Å². The minimum atomic E-state index is -0.273.